The van der Waals surface area contributed by atoms with Crippen LogP contribution in [-0.2, 0) is 16.1 Å². The average Bonchev–Trinajstić information content (AvgIpc) is 2.39. The van der Waals surface area contributed by atoms with E-state index in [-0.39, 0.29) is 18.0 Å². The molecule has 106 valence electrons. The molecule has 0 saturated carbocycles. The Kier molecular flexibility index (Phi) is 6.55. The molecule has 4 N–H and O–H groups in total. The van der Waals surface area contributed by atoms with Gasteiger partial charge in [0.2, 0.25) is 5.91 Å². The lowest BCUT2D eigenvalue weighted by Gasteiger charge is -2.07. The van der Waals surface area contributed by atoms with Gasteiger partial charge in [-0.2, -0.15) is 5.10 Å². The smallest absolute Gasteiger partial charge is 0.269 e. The number of nitrogens with two attached hydrogens (primary N) is 1. The van der Waals surface area contributed by atoms with Crippen molar-refractivity contribution in [2.75, 3.05) is 38.7 Å². The maximum Gasteiger partial charge on any atom is 0.269 e. The van der Waals surface area contributed by atoms with Crippen LogP contribution in [0.25, 0.3) is 0 Å². The highest BCUT2D eigenvalue weighted by Crippen LogP contribution is 1.97. The number of carbonyl (C=O) groups is 1. The first-order valence-electron chi connectivity index (χ1n) is 5.94. The maximum atomic E-state index is 11.7. The first-order chi connectivity index (χ1) is 9.17. The van der Waals surface area contributed by atoms with E-state index < -0.39 is 0 Å². The number of hydrogen-bond acceptors (Lipinski definition) is 6. The molecule has 0 aliphatic heterocycles. The van der Waals surface area contributed by atoms with Crippen molar-refractivity contribution in [3.05, 3.63) is 22.6 Å². The van der Waals surface area contributed by atoms with Gasteiger partial charge in [-0.15, -0.1) is 0 Å². The van der Waals surface area contributed by atoms with Crippen LogP contribution in [0, 0.1) is 0 Å². The zero-order valence-electron chi connectivity index (χ0n) is 10.9. The second kappa shape index (κ2) is 8.22. The summed E-state index contributed by atoms with van der Waals surface area (Å²) in [5, 5.41) is 9.46. The van der Waals surface area contributed by atoms with Crippen LogP contribution < -0.4 is 21.9 Å². The van der Waals surface area contributed by atoms with Crippen LogP contribution in [0.5, 0.6) is 0 Å². The van der Waals surface area contributed by atoms with E-state index in [1.807, 2.05) is 0 Å². The summed E-state index contributed by atoms with van der Waals surface area (Å²) >= 11 is 0. The molecule has 1 aromatic heterocycles. The molecule has 0 spiro atoms. The van der Waals surface area contributed by atoms with E-state index in [4.69, 9.17) is 10.5 Å². The van der Waals surface area contributed by atoms with Crippen molar-refractivity contribution in [3.8, 4) is 0 Å². The minimum absolute atomic E-state index is 0.111. The van der Waals surface area contributed by atoms with Crippen LogP contribution in [0.1, 0.15) is 0 Å². The number of nitrogens with zero attached hydrogens (tertiary/aromatic N) is 2. The fraction of sp³-hybridized carbons (Fsp3) is 0.545. The monoisotopic (exact) mass is 269 g/mol. The number of nitrogens with one attached hydrogen (secondary N) is 2. The molecule has 1 amide bonds. The van der Waals surface area contributed by atoms with Crippen LogP contribution in [-0.4, -0.2) is 49.0 Å². The maximum absolute atomic E-state index is 11.7. The molecule has 0 atom stereocenters. The summed E-state index contributed by atoms with van der Waals surface area (Å²) in [5.74, 6) is -0.283. The minimum Gasteiger partial charge on any atom is -0.383 e. The molecular formula is C11H19N5O3. The van der Waals surface area contributed by atoms with Gasteiger partial charge in [-0.05, 0) is 0 Å². The minimum atomic E-state index is -0.344. The number of methoxy groups -OCH3 is 1. The largest absolute Gasteiger partial charge is 0.383 e. The molecule has 8 heteroatoms. The van der Waals surface area contributed by atoms with Crippen LogP contribution in [0.15, 0.2) is 17.1 Å². The Labute approximate surface area is 110 Å². The molecule has 0 aliphatic rings. The molecule has 0 aromatic carbocycles. The van der Waals surface area contributed by atoms with E-state index in [1.54, 1.807) is 7.11 Å². The number of aromatic nitrogens is 2. The zero-order valence-corrected chi connectivity index (χ0v) is 10.9. The van der Waals surface area contributed by atoms with Gasteiger partial charge in [0.15, 0.2) is 0 Å². The number of hydrogen-bond donors (Lipinski definition) is 3. The Morgan fingerprint density at radius 1 is 1.53 bits per heavy atom. The SMILES string of the molecule is COCCNC(=O)Cn1ncc(NCCN)cc1=O. The molecular weight excluding hydrogens is 250 g/mol. The quantitative estimate of drug-likeness (QED) is 0.489. The number of rotatable bonds is 8. The number of anilines is 1. The Hall–Kier alpha value is -1.93. The molecule has 1 rings (SSSR count). The van der Waals surface area contributed by atoms with Crippen molar-refractivity contribution in [2.45, 2.75) is 6.54 Å². The molecule has 0 unspecified atom stereocenters. The summed E-state index contributed by atoms with van der Waals surface area (Å²) in [6.07, 6.45) is 1.49. The van der Waals surface area contributed by atoms with Gasteiger partial charge in [0.25, 0.3) is 5.56 Å². The van der Waals surface area contributed by atoms with E-state index in [0.717, 1.165) is 4.68 Å². The van der Waals surface area contributed by atoms with Gasteiger partial charge in [0.1, 0.15) is 6.54 Å². The van der Waals surface area contributed by atoms with E-state index in [2.05, 4.69) is 15.7 Å². The molecule has 8 nitrogen and oxygen atoms in total. The third-order valence-corrected chi connectivity index (χ3v) is 2.26. The Morgan fingerprint density at radius 2 is 2.32 bits per heavy atom. The van der Waals surface area contributed by atoms with Crippen LogP contribution >= 0.6 is 0 Å². The highest BCUT2D eigenvalue weighted by molar-refractivity contribution is 5.75. The molecule has 1 heterocycles. The second-order valence-electron chi connectivity index (χ2n) is 3.80. The van der Waals surface area contributed by atoms with Gasteiger partial charge >= 0.3 is 0 Å². The first-order valence-corrected chi connectivity index (χ1v) is 5.94. The molecule has 1 aromatic rings. The molecule has 0 saturated heterocycles. The van der Waals surface area contributed by atoms with Gasteiger partial charge in [-0.25, -0.2) is 4.68 Å². The third-order valence-electron chi connectivity index (χ3n) is 2.26. The zero-order chi connectivity index (χ0) is 14.1. The lowest BCUT2D eigenvalue weighted by atomic mass is 10.4. The van der Waals surface area contributed by atoms with Gasteiger partial charge in [-0.1, -0.05) is 0 Å². The van der Waals surface area contributed by atoms with Crippen LogP contribution in [0.4, 0.5) is 5.69 Å². The van der Waals surface area contributed by atoms with E-state index in [9.17, 15) is 9.59 Å². The van der Waals surface area contributed by atoms with Gasteiger partial charge in [0.05, 0.1) is 18.5 Å². The summed E-state index contributed by atoms with van der Waals surface area (Å²) in [6.45, 7) is 1.74. The summed E-state index contributed by atoms with van der Waals surface area (Å²) in [7, 11) is 1.55. The fourth-order valence-corrected chi connectivity index (χ4v) is 1.35. The molecule has 19 heavy (non-hydrogen) atoms. The topological polar surface area (TPSA) is 111 Å². The van der Waals surface area contributed by atoms with Gasteiger partial charge in [-0.3, -0.25) is 9.59 Å². The Balaban J connectivity index is 2.54. The standard InChI is InChI=1S/C11H19N5O3/c1-19-5-4-14-10(17)8-16-11(18)6-9(7-15-16)13-3-2-12/h6-7,13H,2-5,8,12H2,1H3,(H,14,17). The number of amides is 1. The average molecular weight is 269 g/mol. The molecule has 0 aliphatic carbocycles. The third kappa shape index (κ3) is 5.49. The molecule has 0 bridgehead atoms. The highest BCUT2D eigenvalue weighted by Gasteiger charge is 2.05. The van der Waals surface area contributed by atoms with Crippen molar-refractivity contribution in [1.82, 2.24) is 15.1 Å². The number of carbonyl (C=O) groups excluding carboxylic acids is 1. The van der Waals surface area contributed by atoms with Crippen molar-refractivity contribution in [3.63, 3.8) is 0 Å². The summed E-state index contributed by atoms with van der Waals surface area (Å²) < 4.78 is 5.90. The van der Waals surface area contributed by atoms with E-state index in [1.165, 1.54) is 12.3 Å². The highest BCUT2D eigenvalue weighted by atomic mass is 16.5. The Morgan fingerprint density at radius 3 is 2.95 bits per heavy atom. The predicted octanol–water partition coefficient (Wildman–Crippen LogP) is -1.62. The normalized spacial score (nSPS) is 10.2. The van der Waals surface area contributed by atoms with E-state index in [0.29, 0.717) is 31.9 Å². The summed E-state index contributed by atoms with van der Waals surface area (Å²) in [5.41, 5.74) is 5.58. The molecule has 0 radical (unpaired) electrons. The Bertz CT molecular complexity index is 460. The molecule has 0 fully saturated rings. The lowest BCUT2D eigenvalue weighted by molar-refractivity contribution is -0.122. The van der Waals surface area contributed by atoms with Crippen molar-refractivity contribution >= 4 is 11.6 Å². The van der Waals surface area contributed by atoms with Crippen molar-refractivity contribution in [1.29, 1.82) is 0 Å². The number of ether oxygens (including phenoxy) is 1. The second-order valence-corrected chi connectivity index (χ2v) is 3.80. The lowest BCUT2D eigenvalue weighted by Crippen LogP contribution is -2.35. The van der Waals surface area contributed by atoms with Crippen molar-refractivity contribution in [2.24, 2.45) is 5.73 Å². The van der Waals surface area contributed by atoms with Gasteiger partial charge < -0.3 is 21.1 Å². The summed E-state index contributed by atoms with van der Waals surface area (Å²) in [4.78, 5) is 23.2. The van der Waals surface area contributed by atoms with E-state index >= 15 is 0 Å². The van der Waals surface area contributed by atoms with Crippen LogP contribution in [0.2, 0.25) is 0 Å². The summed E-state index contributed by atoms with van der Waals surface area (Å²) in [6, 6.07) is 1.38. The predicted molar refractivity (Wildman–Crippen MR) is 70.9 cm³/mol. The fourth-order valence-electron chi connectivity index (χ4n) is 1.35. The van der Waals surface area contributed by atoms with Gasteiger partial charge in [0, 0.05) is 32.8 Å². The van der Waals surface area contributed by atoms with Crippen molar-refractivity contribution < 1.29 is 9.53 Å². The first kappa shape index (κ1) is 15.1. The van der Waals surface area contributed by atoms with Crippen LogP contribution in [0.3, 0.4) is 0 Å².